The number of thiophene rings is 2. The van der Waals surface area contributed by atoms with Gasteiger partial charge in [-0.25, -0.2) is 4.79 Å². The minimum absolute atomic E-state index is 0.684. The highest BCUT2D eigenvalue weighted by atomic mass is 32.1. The number of rotatable bonds is 7. The third-order valence-corrected chi connectivity index (χ3v) is 5.21. The monoisotopic (exact) mass is 319 g/mol. The standard InChI is InChI=1S/C16H17NO2S2/c18-16(19)4-1-13-6-8-21-15(13)10-17(14-2-3-14)9-12-5-7-20-11-12/h1,4-8,11,14H,2-3,9-10H2,(H,18,19). The molecule has 21 heavy (non-hydrogen) atoms. The smallest absolute Gasteiger partial charge is 0.328 e. The molecule has 1 aliphatic carbocycles. The topological polar surface area (TPSA) is 40.5 Å². The van der Waals surface area contributed by atoms with Crippen LogP contribution in [-0.4, -0.2) is 22.0 Å². The van der Waals surface area contributed by atoms with Gasteiger partial charge < -0.3 is 5.11 Å². The lowest BCUT2D eigenvalue weighted by atomic mass is 10.2. The third-order valence-electron chi connectivity index (χ3n) is 3.56. The SMILES string of the molecule is O=C(O)C=Cc1ccsc1CN(Cc1ccsc1)C1CC1. The quantitative estimate of drug-likeness (QED) is 0.782. The summed E-state index contributed by atoms with van der Waals surface area (Å²) >= 11 is 3.44. The molecule has 0 spiro atoms. The van der Waals surface area contributed by atoms with Crippen molar-refractivity contribution in [1.29, 1.82) is 0 Å². The van der Waals surface area contributed by atoms with Crippen LogP contribution in [0.4, 0.5) is 0 Å². The fourth-order valence-electron chi connectivity index (χ4n) is 2.34. The highest BCUT2D eigenvalue weighted by Crippen LogP contribution is 2.32. The number of aliphatic carboxylic acids is 1. The number of carboxylic acid groups (broad SMARTS) is 1. The first-order valence-corrected chi connectivity index (χ1v) is 8.77. The van der Waals surface area contributed by atoms with Crippen molar-refractivity contribution in [1.82, 2.24) is 4.90 Å². The molecule has 0 amide bonds. The Bertz CT molecular complexity index is 627. The van der Waals surface area contributed by atoms with Crippen LogP contribution in [0.2, 0.25) is 0 Å². The van der Waals surface area contributed by atoms with E-state index in [-0.39, 0.29) is 0 Å². The van der Waals surface area contributed by atoms with E-state index in [1.165, 1.54) is 29.4 Å². The molecule has 1 saturated carbocycles. The van der Waals surface area contributed by atoms with E-state index in [1.807, 2.05) is 11.4 Å². The van der Waals surface area contributed by atoms with Crippen LogP contribution in [0.1, 0.15) is 28.8 Å². The summed E-state index contributed by atoms with van der Waals surface area (Å²) in [5.41, 5.74) is 2.39. The maximum atomic E-state index is 10.7. The summed E-state index contributed by atoms with van der Waals surface area (Å²) in [7, 11) is 0. The highest BCUT2D eigenvalue weighted by Gasteiger charge is 2.29. The Morgan fingerprint density at radius 3 is 2.86 bits per heavy atom. The predicted molar refractivity (Wildman–Crippen MR) is 87.6 cm³/mol. The molecule has 3 rings (SSSR count). The minimum atomic E-state index is -0.899. The summed E-state index contributed by atoms with van der Waals surface area (Å²) < 4.78 is 0. The van der Waals surface area contributed by atoms with Crippen molar-refractivity contribution in [2.24, 2.45) is 0 Å². The van der Waals surface area contributed by atoms with Crippen molar-refractivity contribution in [3.8, 4) is 0 Å². The molecule has 0 saturated heterocycles. The van der Waals surface area contributed by atoms with Crippen LogP contribution in [0.15, 0.2) is 34.3 Å². The summed E-state index contributed by atoms with van der Waals surface area (Å²) in [4.78, 5) is 14.4. The average molecular weight is 319 g/mol. The van der Waals surface area contributed by atoms with E-state index in [1.54, 1.807) is 28.7 Å². The second-order valence-corrected chi connectivity index (χ2v) is 7.02. The number of carbonyl (C=O) groups is 1. The summed E-state index contributed by atoms with van der Waals surface area (Å²) in [5, 5.41) is 15.1. The molecular weight excluding hydrogens is 302 g/mol. The molecule has 0 aromatic carbocycles. The normalized spacial score (nSPS) is 15.1. The fourth-order valence-corrected chi connectivity index (χ4v) is 3.90. The van der Waals surface area contributed by atoms with Crippen molar-refractivity contribution in [2.45, 2.75) is 32.0 Å². The third kappa shape index (κ3) is 4.03. The average Bonchev–Trinajstić information content (AvgIpc) is 3.00. The molecule has 0 radical (unpaired) electrons. The van der Waals surface area contributed by atoms with Crippen molar-refractivity contribution in [2.75, 3.05) is 0 Å². The van der Waals surface area contributed by atoms with Crippen LogP contribution in [-0.2, 0) is 17.9 Å². The first-order valence-electron chi connectivity index (χ1n) is 6.95. The van der Waals surface area contributed by atoms with E-state index >= 15 is 0 Å². The van der Waals surface area contributed by atoms with E-state index in [2.05, 4.69) is 21.7 Å². The zero-order valence-corrected chi connectivity index (χ0v) is 13.2. The lowest BCUT2D eigenvalue weighted by molar-refractivity contribution is -0.131. The maximum Gasteiger partial charge on any atom is 0.328 e. The molecule has 2 aromatic rings. The van der Waals surface area contributed by atoms with Gasteiger partial charge in [-0.2, -0.15) is 11.3 Å². The summed E-state index contributed by atoms with van der Waals surface area (Å²) in [6.07, 6.45) is 5.46. The molecule has 0 unspecified atom stereocenters. The van der Waals surface area contributed by atoms with Gasteiger partial charge in [0.25, 0.3) is 0 Å². The van der Waals surface area contributed by atoms with Gasteiger partial charge in [0.15, 0.2) is 0 Å². The zero-order valence-electron chi connectivity index (χ0n) is 11.6. The molecule has 1 N–H and O–H groups in total. The van der Waals surface area contributed by atoms with Gasteiger partial charge in [0.05, 0.1) is 0 Å². The Morgan fingerprint density at radius 1 is 1.33 bits per heavy atom. The Labute approximate surface area is 132 Å². The van der Waals surface area contributed by atoms with Crippen LogP contribution < -0.4 is 0 Å². The van der Waals surface area contributed by atoms with E-state index in [0.717, 1.165) is 18.7 Å². The van der Waals surface area contributed by atoms with E-state index in [0.29, 0.717) is 6.04 Å². The van der Waals surface area contributed by atoms with Crippen LogP contribution in [0.5, 0.6) is 0 Å². The zero-order chi connectivity index (χ0) is 14.7. The number of hydrogen-bond donors (Lipinski definition) is 1. The van der Waals surface area contributed by atoms with Crippen LogP contribution in [0.25, 0.3) is 6.08 Å². The Morgan fingerprint density at radius 2 is 2.19 bits per heavy atom. The first-order chi connectivity index (χ1) is 10.2. The Hall–Kier alpha value is -1.43. The van der Waals surface area contributed by atoms with Crippen molar-refractivity contribution >= 4 is 34.7 Å². The van der Waals surface area contributed by atoms with Gasteiger partial charge in [0.1, 0.15) is 0 Å². The lowest BCUT2D eigenvalue weighted by Crippen LogP contribution is -2.24. The van der Waals surface area contributed by atoms with Crippen LogP contribution >= 0.6 is 22.7 Å². The molecule has 110 valence electrons. The predicted octanol–water partition coefficient (Wildman–Crippen LogP) is 4.07. The Balaban J connectivity index is 1.71. The van der Waals surface area contributed by atoms with Gasteiger partial charge in [0, 0.05) is 30.1 Å². The second-order valence-electron chi connectivity index (χ2n) is 5.24. The number of nitrogens with zero attached hydrogens (tertiary/aromatic N) is 1. The lowest BCUT2D eigenvalue weighted by Gasteiger charge is -2.21. The molecule has 0 atom stereocenters. The van der Waals surface area contributed by atoms with Gasteiger partial charge in [-0.15, -0.1) is 11.3 Å². The van der Waals surface area contributed by atoms with E-state index in [4.69, 9.17) is 5.11 Å². The summed E-state index contributed by atoms with van der Waals surface area (Å²) in [5.74, 6) is -0.899. The number of hydrogen-bond acceptors (Lipinski definition) is 4. The molecule has 5 heteroatoms. The second kappa shape index (κ2) is 6.56. The largest absolute Gasteiger partial charge is 0.478 e. The molecular formula is C16H17NO2S2. The molecule has 1 aliphatic rings. The van der Waals surface area contributed by atoms with Gasteiger partial charge in [-0.1, -0.05) is 0 Å². The molecule has 2 heterocycles. The minimum Gasteiger partial charge on any atom is -0.478 e. The summed E-state index contributed by atoms with van der Waals surface area (Å²) in [6.45, 7) is 1.88. The number of carboxylic acids is 1. The van der Waals surface area contributed by atoms with Crippen LogP contribution in [0.3, 0.4) is 0 Å². The van der Waals surface area contributed by atoms with Crippen molar-refractivity contribution < 1.29 is 9.90 Å². The molecule has 0 bridgehead atoms. The van der Waals surface area contributed by atoms with Gasteiger partial charge in [0.2, 0.25) is 0 Å². The van der Waals surface area contributed by atoms with Crippen molar-refractivity contribution in [3.05, 3.63) is 50.4 Å². The molecule has 1 fully saturated rings. The van der Waals surface area contributed by atoms with Gasteiger partial charge >= 0.3 is 5.97 Å². The first kappa shape index (κ1) is 14.5. The summed E-state index contributed by atoms with van der Waals surface area (Å²) in [6, 6.07) is 4.86. The van der Waals surface area contributed by atoms with Crippen LogP contribution in [0, 0.1) is 0 Å². The Kier molecular flexibility index (Phi) is 4.53. The maximum absolute atomic E-state index is 10.7. The van der Waals surface area contributed by atoms with Crippen molar-refractivity contribution in [3.63, 3.8) is 0 Å². The van der Waals surface area contributed by atoms with Gasteiger partial charge in [-0.05, 0) is 58.3 Å². The molecule has 3 nitrogen and oxygen atoms in total. The molecule has 0 aliphatic heterocycles. The van der Waals surface area contributed by atoms with E-state index in [9.17, 15) is 4.79 Å². The van der Waals surface area contributed by atoms with Gasteiger partial charge in [-0.3, -0.25) is 4.90 Å². The molecule has 2 aromatic heterocycles. The highest BCUT2D eigenvalue weighted by molar-refractivity contribution is 7.10. The fraction of sp³-hybridized carbons (Fsp3) is 0.312. The van der Waals surface area contributed by atoms with E-state index < -0.39 is 5.97 Å².